The number of carbonyl (C=O) groups is 1. The van der Waals surface area contributed by atoms with E-state index < -0.39 is 0 Å². The topological polar surface area (TPSA) is 33.2 Å². The van der Waals surface area contributed by atoms with Gasteiger partial charge < -0.3 is 4.90 Å². The molecule has 1 aliphatic rings. The monoisotopic (exact) mass is 328 g/mol. The quantitative estimate of drug-likeness (QED) is 0.750. The normalized spacial score (nSPS) is 16.1. The van der Waals surface area contributed by atoms with E-state index in [1.165, 1.54) is 25.7 Å². The lowest BCUT2D eigenvalue weighted by molar-refractivity contribution is 0.0718. The maximum atomic E-state index is 12.7. The number of aromatic nitrogens is 1. The fourth-order valence-corrected chi connectivity index (χ4v) is 4.06. The summed E-state index contributed by atoms with van der Waals surface area (Å²) in [6.07, 6.45) is 7.37. The standard InChI is InChI=1S/C19H24N2OS/c1-14-13-23-18(20-14)15-9-11-16(12-10-15)19(22)21(2)17-7-5-3-4-6-8-17/h9-13,17H,3-8H2,1-2H3. The van der Waals surface area contributed by atoms with Gasteiger partial charge in [0.1, 0.15) is 5.01 Å². The summed E-state index contributed by atoms with van der Waals surface area (Å²) in [5, 5.41) is 3.06. The van der Waals surface area contributed by atoms with Crippen LogP contribution in [-0.4, -0.2) is 28.9 Å². The van der Waals surface area contributed by atoms with E-state index in [0.717, 1.165) is 34.7 Å². The van der Waals surface area contributed by atoms with Crippen molar-refractivity contribution in [3.05, 3.63) is 40.9 Å². The first-order valence-corrected chi connectivity index (χ1v) is 9.33. The minimum atomic E-state index is 0.138. The molecule has 1 aliphatic carbocycles. The largest absolute Gasteiger partial charge is 0.339 e. The lowest BCUT2D eigenvalue weighted by Crippen LogP contribution is -2.36. The zero-order valence-electron chi connectivity index (χ0n) is 13.9. The van der Waals surface area contributed by atoms with Crippen molar-refractivity contribution in [2.24, 2.45) is 0 Å². The van der Waals surface area contributed by atoms with E-state index in [1.54, 1.807) is 11.3 Å². The Labute approximate surface area is 142 Å². The maximum Gasteiger partial charge on any atom is 0.253 e. The highest BCUT2D eigenvalue weighted by Gasteiger charge is 2.22. The summed E-state index contributed by atoms with van der Waals surface area (Å²) in [6.45, 7) is 2.00. The van der Waals surface area contributed by atoms with Gasteiger partial charge >= 0.3 is 0 Å². The number of aryl methyl sites for hydroxylation is 1. The Kier molecular flexibility index (Phi) is 5.11. The Morgan fingerprint density at radius 2 is 1.78 bits per heavy atom. The molecule has 122 valence electrons. The van der Waals surface area contributed by atoms with Crippen molar-refractivity contribution in [1.29, 1.82) is 0 Å². The number of carbonyl (C=O) groups excluding carboxylic acids is 1. The number of hydrogen-bond donors (Lipinski definition) is 0. The summed E-state index contributed by atoms with van der Waals surface area (Å²) >= 11 is 1.64. The van der Waals surface area contributed by atoms with E-state index in [9.17, 15) is 4.79 Å². The molecule has 0 atom stereocenters. The van der Waals surface area contributed by atoms with Gasteiger partial charge in [-0.2, -0.15) is 0 Å². The highest BCUT2D eigenvalue weighted by molar-refractivity contribution is 7.13. The van der Waals surface area contributed by atoms with Gasteiger partial charge in [0.2, 0.25) is 0 Å². The number of rotatable bonds is 3. The Morgan fingerprint density at radius 1 is 1.13 bits per heavy atom. The predicted octanol–water partition coefficient (Wildman–Crippen LogP) is 4.91. The number of amides is 1. The third kappa shape index (κ3) is 3.81. The molecule has 0 N–H and O–H groups in total. The van der Waals surface area contributed by atoms with Gasteiger partial charge in [-0.25, -0.2) is 4.98 Å². The maximum absolute atomic E-state index is 12.7. The lowest BCUT2D eigenvalue weighted by Gasteiger charge is -2.27. The van der Waals surface area contributed by atoms with Gasteiger partial charge in [-0.3, -0.25) is 4.79 Å². The Bertz CT molecular complexity index is 654. The van der Waals surface area contributed by atoms with Gasteiger partial charge in [-0.1, -0.05) is 37.8 Å². The van der Waals surface area contributed by atoms with Crippen molar-refractivity contribution >= 4 is 17.2 Å². The molecule has 1 heterocycles. The third-order valence-corrected chi connectivity index (χ3v) is 5.70. The van der Waals surface area contributed by atoms with Crippen molar-refractivity contribution in [3.63, 3.8) is 0 Å². The molecule has 0 spiro atoms. The number of benzene rings is 1. The van der Waals surface area contributed by atoms with Crippen LogP contribution in [0.25, 0.3) is 10.6 Å². The molecule has 0 radical (unpaired) electrons. The van der Waals surface area contributed by atoms with Crippen molar-refractivity contribution in [2.45, 2.75) is 51.5 Å². The van der Waals surface area contributed by atoms with Crippen LogP contribution < -0.4 is 0 Å². The van der Waals surface area contributed by atoms with Crippen LogP contribution >= 0.6 is 11.3 Å². The van der Waals surface area contributed by atoms with E-state index in [0.29, 0.717) is 6.04 Å². The van der Waals surface area contributed by atoms with Gasteiger partial charge in [-0.15, -0.1) is 11.3 Å². The van der Waals surface area contributed by atoms with Crippen LogP contribution in [0.5, 0.6) is 0 Å². The first-order valence-electron chi connectivity index (χ1n) is 8.45. The van der Waals surface area contributed by atoms with Crippen LogP contribution in [0, 0.1) is 6.92 Å². The SMILES string of the molecule is Cc1csc(-c2ccc(C(=O)N(C)C3CCCCCC3)cc2)n1. The van der Waals surface area contributed by atoms with Crippen LogP contribution in [0.1, 0.15) is 54.6 Å². The molecule has 0 bridgehead atoms. The predicted molar refractivity (Wildman–Crippen MR) is 95.9 cm³/mol. The fraction of sp³-hybridized carbons (Fsp3) is 0.474. The van der Waals surface area contributed by atoms with E-state index in [1.807, 2.05) is 48.5 Å². The van der Waals surface area contributed by atoms with Crippen LogP contribution in [0.4, 0.5) is 0 Å². The fourth-order valence-electron chi connectivity index (χ4n) is 3.26. The van der Waals surface area contributed by atoms with Gasteiger partial charge in [0.25, 0.3) is 5.91 Å². The van der Waals surface area contributed by atoms with Crippen LogP contribution in [0.3, 0.4) is 0 Å². The van der Waals surface area contributed by atoms with Crippen molar-refractivity contribution in [2.75, 3.05) is 7.05 Å². The number of hydrogen-bond acceptors (Lipinski definition) is 3. The molecule has 1 aromatic carbocycles. The molecular formula is C19H24N2OS. The molecule has 3 rings (SSSR count). The van der Waals surface area contributed by atoms with Crippen LogP contribution in [-0.2, 0) is 0 Å². The molecule has 0 unspecified atom stereocenters. The minimum absolute atomic E-state index is 0.138. The Morgan fingerprint density at radius 3 is 2.35 bits per heavy atom. The van der Waals surface area contributed by atoms with Crippen molar-refractivity contribution < 1.29 is 4.79 Å². The van der Waals surface area contributed by atoms with E-state index in [4.69, 9.17) is 0 Å². The number of nitrogens with zero attached hydrogens (tertiary/aromatic N) is 2. The van der Waals surface area contributed by atoms with Crippen molar-refractivity contribution in [1.82, 2.24) is 9.88 Å². The van der Waals surface area contributed by atoms with Crippen LogP contribution in [0.2, 0.25) is 0 Å². The molecule has 1 amide bonds. The smallest absolute Gasteiger partial charge is 0.253 e. The molecular weight excluding hydrogens is 304 g/mol. The Balaban J connectivity index is 1.71. The molecule has 0 saturated heterocycles. The summed E-state index contributed by atoms with van der Waals surface area (Å²) in [6, 6.07) is 8.27. The average Bonchev–Trinajstić information content (AvgIpc) is 2.84. The van der Waals surface area contributed by atoms with E-state index >= 15 is 0 Å². The summed E-state index contributed by atoms with van der Waals surface area (Å²) in [4.78, 5) is 19.2. The van der Waals surface area contributed by atoms with Gasteiger partial charge in [-0.05, 0) is 31.9 Å². The minimum Gasteiger partial charge on any atom is -0.339 e. The van der Waals surface area contributed by atoms with E-state index in [2.05, 4.69) is 4.98 Å². The van der Waals surface area contributed by atoms with E-state index in [-0.39, 0.29) is 5.91 Å². The van der Waals surface area contributed by atoms with Crippen LogP contribution in [0.15, 0.2) is 29.6 Å². The lowest BCUT2D eigenvalue weighted by atomic mass is 10.1. The molecule has 2 aromatic rings. The van der Waals surface area contributed by atoms with Gasteiger partial charge in [0.15, 0.2) is 0 Å². The second kappa shape index (κ2) is 7.26. The Hall–Kier alpha value is -1.68. The molecule has 1 aromatic heterocycles. The highest BCUT2D eigenvalue weighted by Crippen LogP contribution is 2.25. The molecule has 3 nitrogen and oxygen atoms in total. The summed E-state index contributed by atoms with van der Waals surface area (Å²) in [7, 11) is 1.95. The van der Waals surface area contributed by atoms with Gasteiger partial charge in [0, 0.05) is 35.3 Å². The molecule has 4 heteroatoms. The summed E-state index contributed by atoms with van der Waals surface area (Å²) in [5.41, 5.74) is 2.89. The summed E-state index contributed by atoms with van der Waals surface area (Å²) < 4.78 is 0. The number of thiazole rings is 1. The zero-order valence-corrected chi connectivity index (χ0v) is 14.7. The first-order chi connectivity index (χ1) is 11.1. The zero-order chi connectivity index (χ0) is 16.2. The second-order valence-corrected chi connectivity index (χ2v) is 7.29. The highest BCUT2D eigenvalue weighted by atomic mass is 32.1. The third-order valence-electron chi connectivity index (χ3n) is 4.69. The molecule has 1 fully saturated rings. The molecule has 1 saturated carbocycles. The average molecular weight is 328 g/mol. The van der Waals surface area contributed by atoms with Gasteiger partial charge in [0.05, 0.1) is 0 Å². The second-order valence-electron chi connectivity index (χ2n) is 6.43. The molecule has 0 aliphatic heterocycles. The molecule has 23 heavy (non-hydrogen) atoms. The summed E-state index contributed by atoms with van der Waals surface area (Å²) in [5.74, 6) is 0.138. The van der Waals surface area contributed by atoms with Crippen molar-refractivity contribution in [3.8, 4) is 10.6 Å². The first kappa shape index (κ1) is 16.2.